The number of esters is 1. The minimum atomic E-state index is -3.62. The van der Waals surface area contributed by atoms with E-state index in [9.17, 15) is 18.0 Å². The number of benzene rings is 2. The lowest BCUT2D eigenvalue weighted by Crippen LogP contribution is -2.39. The Morgan fingerprint density at radius 1 is 1.20 bits per heavy atom. The van der Waals surface area contributed by atoms with Gasteiger partial charge >= 0.3 is 5.97 Å². The van der Waals surface area contributed by atoms with Gasteiger partial charge in [-0.3, -0.25) is 9.59 Å². The third-order valence-corrected chi connectivity index (χ3v) is 8.95. The summed E-state index contributed by atoms with van der Waals surface area (Å²) in [6.45, 7) is 4.89. The van der Waals surface area contributed by atoms with Crippen LogP contribution >= 0.6 is 22.9 Å². The van der Waals surface area contributed by atoms with Crippen LogP contribution in [0.3, 0.4) is 0 Å². The third kappa shape index (κ3) is 5.66. The van der Waals surface area contributed by atoms with Crippen molar-refractivity contribution in [3.05, 3.63) is 57.9 Å². The predicted molar refractivity (Wildman–Crippen MR) is 135 cm³/mol. The molecule has 1 saturated heterocycles. The number of thiazole rings is 1. The number of hydrogen-bond donors (Lipinski definition) is 0. The zero-order valence-electron chi connectivity index (χ0n) is 19.4. The van der Waals surface area contributed by atoms with Crippen LogP contribution in [-0.4, -0.2) is 48.9 Å². The number of ether oxygens (including phenoxy) is 1. The zero-order valence-corrected chi connectivity index (χ0v) is 21.8. The van der Waals surface area contributed by atoms with Gasteiger partial charge in [0.2, 0.25) is 10.0 Å². The van der Waals surface area contributed by atoms with E-state index >= 15 is 0 Å². The maximum atomic E-state index is 13.0. The van der Waals surface area contributed by atoms with Crippen LogP contribution in [0, 0.1) is 5.92 Å². The van der Waals surface area contributed by atoms with Crippen molar-refractivity contribution in [2.24, 2.45) is 10.9 Å². The Labute approximate surface area is 212 Å². The van der Waals surface area contributed by atoms with Gasteiger partial charge in [0.1, 0.15) is 6.54 Å². The molecule has 1 aliphatic heterocycles. The van der Waals surface area contributed by atoms with Gasteiger partial charge in [-0.25, -0.2) is 8.42 Å². The van der Waals surface area contributed by atoms with Crippen LogP contribution in [0.2, 0.25) is 5.02 Å². The number of fused-ring (bicyclic) bond motifs is 1. The normalized spacial score (nSPS) is 17.6. The quantitative estimate of drug-likeness (QED) is 0.443. The predicted octanol–water partition coefficient (Wildman–Crippen LogP) is 4.08. The van der Waals surface area contributed by atoms with Gasteiger partial charge in [0.15, 0.2) is 4.80 Å². The van der Waals surface area contributed by atoms with Crippen LogP contribution in [0.4, 0.5) is 0 Å². The first-order valence-corrected chi connectivity index (χ1v) is 14.0. The van der Waals surface area contributed by atoms with Crippen molar-refractivity contribution in [2.75, 3.05) is 19.7 Å². The molecule has 0 radical (unpaired) electrons. The SMILES string of the molecule is CCOC(=O)Cn1c(=NC(=O)c2ccc(S(=O)(=O)N3CCCC(C)C3)cc2)sc2cc(Cl)ccc21. The van der Waals surface area contributed by atoms with Gasteiger partial charge in [-0.15, -0.1) is 0 Å². The number of rotatable bonds is 6. The highest BCUT2D eigenvalue weighted by atomic mass is 35.5. The molecule has 1 fully saturated rings. The summed E-state index contributed by atoms with van der Waals surface area (Å²) in [7, 11) is -3.62. The van der Waals surface area contributed by atoms with E-state index in [1.807, 2.05) is 6.92 Å². The summed E-state index contributed by atoms with van der Waals surface area (Å²) in [4.78, 5) is 29.8. The van der Waals surface area contributed by atoms with E-state index in [2.05, 4.69) is 4.99 Å². The minimum absolute atomic E-state index is 0.104. The number of sulfonamides is 1. The molecule has 11 heteroatoms. The molecule has 0 aliphatic carbocycles. The Balaban J connectivity index is 1.65. The standard InChI is InChI=1S/C24H26ClN3O5S2/c1-3-33-22(29)15-28-20-11-8-18(25)13-21(20)34-24(28)26-23(30)17-6-9-19(10-7-17)35(31,32)27-12-4-5-16(2)14-27/h6-11,13,16H,3-5,12,14-15H2,1-2H3. The maximum Gasteiger partial charge on any atom is 0.326 e. The lowest BCUT2D eigenvalue weighted by atomic mass is 10.0. The topological polar surface area (TPSA) is 98.0 Å². The second-order valence-corrected chi connectivity index (χ2v) is 11.8. The highest BCUT2D eigenvalue weighted by Gasteiger charge is 2.28. The van der Waals surface area contributed by atoms with Gasteiger partial charge in [0.05, 0.1) is 21.7 Å². The van der Waals surface area contributed by atoms with Crippen LogP contribution in [-0.2, 0) is 26.1 Å². The second-order valence-electron chi connectivity index (χ2n) is 8.44. The number of nitrogens with zero attached hydrogens (tertiary/aromatic N) is 3. The first-order chi connectivity index (χ1) is 16.7. The minimum Gasteiger partial charge on any atom is -0.465 e. The van der Waals surface area contributed by atoms with Gasteiger partial charge < -0.3 is 9.30 Å². The summed E-state index contributed by atoms with van der Waals surface area (Å²) in [6, 6.07) is 11.0. The van der Waals surface area contributed by atoms with Gasteiger partial charge in [-0.2, -0.15) is 9.30 Å². The van der Waals surface area contributed by atoms with Crippen LogP contribution in [0.5, 0.6) is 0 Å². The second kappa shape index (κ2) is 10.6. The maximum absolute atomic E-state index is 13.0. The highest BCUT2D eigenvalue weighted by molar-refractivity contribution is 7.89. The molecular formula is C24H26ClN3O5S2. The Morgan fingerprint density at radius 3 is 2.63 bits per heavy atom. The Morgan fingerprint density at radius 2 is 1.94 bits per heavy atom. The van der Waals surface area contributed by atoms with Crippen LogP contribution in [0.1, 0.15) is 37.0 Å². The lowest BCUT2D eigenvalue weighted by molar-refractivity contribution is -0.143. The fraction of sp³-hybridized carbons (Fsp3) is 0.375. The van der Waals surface area contributed by atoms with E-state index in [-0.39, 0.29) is 23.6 Å². The number of hydrogen-bond acceptors (Lipinski definition) is 6. The summed E-state index contributed by atoms with van der Waals surface area (Å²) in [5.74, 6) is -0.677. The average Bonchev–Trinajstić information content (AvgIpc) is 3.14. The summed E-state index contributed by atoms with van der Waals surface area (Å²) in [5, 5.41) is 0.528. The average molecular weight is 536 g/mol. The van der Waals surface area contributed by atoms with Crippen molar-refractivity contribution >= 4 is 55.1 Å². The van der Waals surface area contributed by atoms with Crippen molar-refractivity contribution in [3.63, 3.8) is 0 Å². The van der Waals surface area contributed by atoms with E-state index in [1.165, 1.54) is 39.9 Å². The highest BCUT2D eigenvalue weighted by Crippen LogP contribution is 2.24. The molecule has 1 unspecified atom stereocenters. The van der Waals surface area contributed by atoms with Crippen molar-refractivity contribution in [1.82, 2.24) is 8.87 Å². The van der Waals surface area contributed by atoms with E-state index in [1.54, 1.807) is 29.7 Å². The fourth-order valence-electron chi connectivity index (χ4n) is 4.06. The number of aromatic nitrogens is 1. The molecule has 1 aromatic heterocycles. The van der Waals surface area contributed by atoms with E-state index < -0.39 is 21.9 Å². The third-order valence-electron chi connectivity index (χ3n) is 5.79. The molecule has 186 valence electrons. The van der Waals surface area contributed by atoms with Crippen LogP contribution in [0.25, 0.3) is 10.2 Å². The summed E-state index contributed by atoms with van der Waals surface area (Å²) in [6.07, 6.45) is 1.85. The fourth-order valence-corrected chi connectivity index (χ4v) is 6.96. The lowest BCUT2D eigenvalue weighted by Gasteiger charge is -2.30. The first kappa shape index (κ1) is 25.6. The summed E-state index contributed by atoms with van der Waals surface area (Å²) in [5.41, 5.74) is 0.949. The number of carbonyl (C=O) groups excluding carboxylic acids is 2. The van der Waals surface area contributed by atoms with Gasteiger partial charge in [-0.1, -0.05) is 29.9 Å². The molecule has 1 amide bonds. The molecule has 3 aromatic rings. The molecule has 0 N–H and O–H groups in total. The van der Waals surface area contributed by atoms with E-state index in [0.717, 1.165) is 17.5 Å². The summed E-state index contributed by atoms with van der Waals surface area (Å²) < 4.78 is 34.9. The Bertz CT molecular complexity index is 1430. The molecule has 0 saturated carbocycles. The Kier molecular flexibility index (Phi) is 7.75. The van der Waals surface area contributed by atoms with E-state index in [4.69, 9.17) is 16.3 Å². The van der Waals surface area contributed by atoms with Crippen molar-refractivity contribution < 1.29 is 22.7 Å². The van der Waals surface area contributed by atoms with Crippen LogP contribution in [0.15, 0.2) is 52.4 Å². The van der Waals surface area contributed by atoms with Gasteiger partial charge in [0.25, 0.3) is 5.91 Å². The zero-order chi connectivity index (χ0) is 25.2. The van der Waals surface area contributed by atoms with Crippen molar-refractivity contribution in [2.45, 2.75) is 38.1 Å². The van der Waals surface area contributed by atoms with Gasteiger partial charge in [0, 0.05) is 23.7 Å². The van der Waals surface area contributed by atoms with E-state index in [0.29, 0.717) is 34.3 Å². The number of halogens is 1. The monoisotopic (exact) mass is 535 g/mol. The number of carbonyl (C=O) groups is 2. The molecule has 1 atom stereocenters. The molecule has 4 rings (SSSR count). The number of amides is 1. The molecule has 1 aliphatic rings. The Hall–Kier alpha value is -2.53. The largest absolute Gasteiger partial charge is 0.465 e. The van der Waals surface area contributed by atoms with Crippen molar-refractivity contribution in [3.8, 4) is 0 Å². The van der Waals surface area contributed by atoms with Crippen molar-refractivity contribution in [1.29, 1.82) is 0 Å². The molecule has 35 heavy (non-hydrogen) atoms. The molecule has 2 heterocycles. The summed E-state index contributed by atoms with van der Waals surface area (Å²) >= 11 is 7.34. The smallest absolute Gasteiger partial charge is 0.326 e. The first-order valence-electron chi connectivity index (χ1n) is 11.3. The molecule has 8 nitrogen and oxygen atoms in total. The molecular weight excluding hydrogens is 510 g/mol. The molecule has 0 spiro atoms. The molecule has 2 aromatic carbocycles. The van der Waals surface area contributed by atoms with Gasteiger partial charge in [-0.05, 0) is 68.1 Å². The number of piperidine rings is 1. The molecule has 0 bridgehead atoms. The van der Waals surface area contributed by atoms with Crippen LogP contribution < -0.4 is 4.80 Å².